The molecule has 1 aliphatic heterocycles. The summed E-state index contributed by atoms with van der Waals surface area (Å²) in [4.78, 5) is 2.69. The van der Waals surface area contributed by atoms with Crippen LogP contribution in [0.1, 0.15) is 23.4 Å². The van der Waals surface area contributed by atoms with Crippen molar-refractivity contribution in [2.45, 2.75) is 31.6 Å². The molecule has 0 amide bonds. The number of sulfonamides is 1. The number of hydrogen-bond acceptors (Lipinski definition) is 4. The van der Waals surface area contributed by atoms with Gasteiger partial charge in [-0.2, -0.15) is 9.40 Å². The minimum atomic E-state index is -3.45. The third-order valence-corrected chi connectivity index (χ3v) is 6.93. The van der Waals surface area contributed by atoms with Gasteiger partial charge in [0.05, 0.1) is 11.4 Å². The summed E-state index contributed by atoms with van der Waals surface area (Å²) >= 11 is 0. The van der Waals surface area contributed by atoms with E-state index in [-0.39, 0.29) is 0 Å². The summed E-state index contributed by atoms with van der Waals surface area (Å²) in [5.41, 5.74) is 2.51. The first kappa shape index (κ1) is 18.1. The summed E-state index contributed by atoms with van der Waals surface area (Å²) in [5.74, 6) is 0. The van der Waals surface area contributed by atoms with Gasteiger partial charge in [0.25, 0.3) is 0 Å². The van der Waals surface area contributed by atoms with Gasteiger partial charge in [0.15, 0.2) is 0 Å². The van der Waals surface area contributed by atoms with Crippen LogP contribution in [-0.4, -0.2) is 60.5 Å². The molecule has 1 saturated heterocycles. The molecule has 0 spiro atoms. The molecule has 7 heteroatoms. The van der Waals surface area contributed by atoms with Gasteiger partial charge >= 0.3 is 0 Å². The van der Waals surface area contributed by atoms with Crippen molar-refractivity contribution in [3.05, 3.63) is 47.3 Å². The number of hydrogen-bond donors (Lipinski definition) is 1. The van der Waals surface area contributed by atoms with Crippen LogP contribution < -0.4 is 0 Å². The zero-order chi connectivity index (χ0) is 17.9. The molecule has 0 radical (unpaired) electrons. The highest BCUT2D eigenvalue weighted by Crippen LogP contribution is 2.22. The van der Waals surface area contributed by atoms with Gasteiger partial charge in [-0.3, -0.25) is 5.10 Å². The summed E-state index contributed by atoms with van der Waals surface area (Å²) in [5, 5.41) is 6.79. The van der Waals surface area contributed by atoms with Gasteiger partial charge in [0.2, 0.25) is 10.0 Å². The average molecular weight is 362 g/mol. The van der Waals surface area contributed by atoms with Gasteiger partial charge in [-0.25, -0.2) is 8.42 Å². The quantitative estimate of drug-likeness (QED) is 0.853. The molecular weight excluding hydrogens is 336 g/mol. The molecule has 25 heavy (non-hydrogen) atoms. The largest absolute Gasteiger partial charge is 0.301 e. The number of aromatic nitrogens is 2. The van der Waals surface area contributed by atoms with E-state index in [1.807, 2.05) is 6.07 Å². The van der Waals surface area contributed by atoms with Crippen LogP contribution in [0.2, 0.25) is 0 Å². The average Bonchev–Trinajstić information content (AvgIpc) is 2.95. The highest BCUT2D eigenvalue weighted by molar-refractivity contribution is 7.89. The van der Waals surface area contributed by atoms with E-state index in [1.165, 1.54) is 5.56 Å². The maximum atomic E-state index is 12.8. The number of benzene rings is 1. The van der Waals surface area contributed by atoms with Crippen molar-refractivity contribution in [2.75, 3.05) is 32.7 Å². The van der Waals surface area contributed by atoms with Gasteiger partial charge < -0.3 is 4.90 Å². The Morgan fingerprint density at radius 3 is 2.36 bits per heavy atom. The van der Waals surface area contributed by atoms with Crippen molar-refractivity contribution in [2.24, 2.45) is 0 Å². The molecule has 6 nitrogen and oxygen atoms in total. The fraction of sp³-hybridized carbons (Fsp3) is 0.500. The minimum absolute atomic E-state index is 0.338. The molecule has 0 unspecified atom stereocenters. The van der Waals surface area contributed by atoms with Crippen molar-refractivity contribution in [3.8, 4) is 0 Å². The van der Waals surface area contributed by atoms with Gasteiger partial charge in [-0.05, 0) is 38.8 Å². The van der Waals surface area contributed by atoms with E-state index in [0.29, 0.717) is 29.4 Å². The van der Waals surface area contributed by atoms with Crippen molar-refractivity contribution >= 4 is 10.0 Å². The number of aryl methyl sites for hydroxylation is 3. The van der Waals surface area contributed by atoms with Crippen molar-refractivity contribution < 1.29 is 8.42 Å². The maximum absolute atomic E-state index is 12.8. The lowest BCUT2D eigenvalue weighted by Gasteiger charge is -2.34. The second kappa shape index (κ2) is 7.68. The second-order valence-corrected chi connectivity index (χ2v) is 8.47. The van der Waals surface area contributed by atoms with Gasteiger partial charge in [0.1, 0.15) is 4.90 Å². The first-order chi connectivity index (χ1) is 12.0. The van der Waals surface area contributed by atoms with Crippen LogP contribution in [0.4, 0.5) is 0 Å². The third kappa shape index (κ3) is 4.11. The van der Waals surface area contributed by atoms with Gasteiger partial charge in [-0.15, -0.1) is 0 Å². The zero-order valence-corrected chi connectivity index (χ0v) is 15.7. The molecule has 1 aliphatic rings. The second-order valence-electron chi connectivity index (χ2n) is 6.60. The summed E-state index contributed by atoms with van der Waals surface area (Å²) < 4.78 is 27.3. The highest BCUT2D eigenvalue weighted by atomic mass is 32.2. The summed E-state index contributed by atoms with van der Waals surface area (Å²) in [6, 6.07) is 10.5. The molecular formula is C18H26N4O2S. The van der Waals surface area contributed by atoms with Crippen LogP contribution >= 0.6 is 0 Å². The Kier molecular flexibility index (Phi) is 5.56. The third-order valence-electron chi connectivity index (χ3n) is 4.77. The fourth-order valence-electron chi connectivity index (χ4n) is 3.39. The smallest absolute Gasteiger partial charge is 0.246 e. The predicted octanol–water partition coefficient (Wildman–Crippen LogP) is 1.97. The Hall–Kier alpha value is -1.70. The number of nitrogens with one attached hydrogen (secondary N) is 1. The molecule has 136 valence electrons. The molecule has 1 fully saturated rings. The van der Waals surface area contributed by atoms with E-state index in [2.05, 4.69) is 39.4 Å². The lowest BCUT2D eigenvalue weighted by Crippen LogP contribution is -2.48. The zero-order valence-electron chi connectivity index (χ0n) is 14.9. The minimum Gasteiger partial charge on any atom is -0.301 e. The Bertz CT molecular complexity index is 774. The fourth-order valence-corrected chi connectivity index (χ4v) is 5.15. The molecule has 0 saturated carbocycles. The molecule has 1 aromatic heterocycles. The Balaban J connectivity index is 1.52. The van der Waals surface area contributed by atoms with E-state index in [0.717, 1.165) is 32.5 Å². The number of H-pyrrole nitrogens is 1. The van der Waals surface area contributed by atoms with Crippen molar-refractivity contribution in [1.82, 2.24) is 19.4 Å². The Morgan fingerprint density at radius 1 is 1.08 bits per heavy atom. The Labute approximate surface area is 149 Å². The van der Waals surface area contributed by atoms with E-state index in [1.54, 1.807) is 18.2 Å². The standard InChI is InChI=1S/C18H26N4O2S/c1-15-18(16(2)20-19-15)25(23,24)22-13-11-21(12-14-22)10-6-9-17-7-4-3-5-8-17/h3-5,7-8H,6,9-14H2,1-2H3,(H,19,20). The van der Waals surface area contributed by atoms with Crippen LogP contribution in [0.25, 0.3) is 0 Å². The SMILES string of the molecule is Cc1n[nH]c(C)c1S(=O)(=O)N1CCN(CCCc2ccccc2)CC1. The normalized spacial score (nSPS) is 17.0. The number of rotatable bonds is 6. The van der Waals surface area contributed by atoms with E-state index >= 15 is 0 Å². The van der Waals surface area contributed by atoms with E-state index in [4.69, 9.17) is 0 Å². The maximum Gasteiger partial charge on any atom is 0.246 e. The summed E-state index contributed by atoms with van der Waals surface area (Å²) in [7, 11) is -3.45. The number of aromatic amines is 1. The Morgan fingerprint density at radius 2 is 1.76 bits per heavy atom. The number of nitrogens with zero attached hydrogens (tertiary/aromatic N) is 3. The molecule has 1 N–H and O–H groups in total. The van der Waals surface area contributed by atoms with E-state index < -0.39 is 10.0 Å². The van der Waals surface area contributed by atoms with Gasteiger partial charge in [0, 0.05) is 26.2 Å². The first-order valence-corrected chi connectivity index (χ1v) is 10.2. The molecule has 0 aliphatic carbocycles. The lowest BCUT2D eigenvalue weighted by atomic mass is 10.1. The monoisotopic (exact) mass is 362 g/mol. The van der Waals surface area contributed by atoms with Crippen LogP contribution in [0.3, 0.4) is 0 Å². The molecule has 0 atom stereocenters. The predicted molar refractivity (Wildman–Crippen MR) is 98.0 cm³/mol. The van der Waals surface area contributed by atoms with Gasteiger partial charge in [-0.1, -0.05) is 30.3 Å². The van der Waals surface area contributed by atoms with Crippen LogP contribution in [0, 0.1) is 13.8 Å². The number of piperazine rings is 1. The molecule has 2 aromatic rings. The summed E-state index contributed by atoms with van der Waals surface area (Å²) in [6.07, 6.45) is 2.16. The first-order valence-electron chi connectivity index (χ1n) is 8.76. The van der Waals surface area contributed by atoms with Crippen LogP contribution in [0.15, 0.2) is 35.2 Å². The molecule has 3 rings (SSSR count). The summed E-state index contributed by atoms with van der Waals surface area (Å²) in [6.45, 7) is 7.14. The van der Waals surface area contributed by atoms with E-state index in [9.17, 15) is 8.42 Å². The van der Waals surface area contributed by atoms with Crippen LogP contribution in [-0.2, 0) is 16.4 Å². The molecule has 1 aromatic carbocycles. The molecule has 2 heterocycles. The molecule has 0 bridgehead atoms. The van der Waals surface area contributed by atoms with Crippen molar-refractivity contribution in [1.29, 1.82) is 0 Å². The van der Waals surface area contributed by atoms with Crippen LogP contribution in [0.5, 0.6) is 0 Å². The topological polar surface area (TPSA) is 69.3 Å². The van der Waals surface area contributed by atoms with Crippen molar-refractivity contribution in [3.63, 3.8) is 0 Å². The highest BCUT2D eigenvalue weighted by Gasteiger charge is 2.31. The lowest BCUT2D eigenvalue weighted by molar-refractivity contribution is 0.186.